The Morgan fingerprint density at radius 2 is 1.14 bits per heavy atom. The van der Waals surface area contributed by atoms with Crippen LogP contribution < -0.4 is 9.64 Å². The van der Waals surface area contributed by atoms with Gasteiger partial charge in [0.1, 0.15) is 42.4 Å². The van der Waals surface area contributed by atoms with Gasteiger partial charge in [0.05, 0.1) is 38.7 Å². The van der Waals surface area contributed by atoms with Crippen molar-refractivity contribution in [2.75, 3.05) is 30.5 Å². The van der Waals surface area contributed by atoms with Crippen LogP contribution in [0.2, 0.25) is 0 Å². The van der Waals surface area contributed by atoms with Crippen molar-refractivity contribution in [1.29, 1.82) is 0 Å². The zero-order chi connectivity index (χ0) is 45.9. The number of rotatable bonds is 18. The quantitative estimate of drug-likeness (QED) is 0.0469. The summed E-state index contributed by atoms with van der Waals surface area (Å²) < 4.78 is 51.8. The predicted octanol–water partition coefficient (Wildman–Crippen LogP) is 10.5. The lowest BCUT2D eigenvalue weighted by molar-refractivity contribution is -0.327. The molecule has 11 nitrogen and oxygen atoms in total. The number of ether oxygens (including phenoxy) is 8. The topological polar surface area (TPSA) is 111 Å². The monoisotopic (exact) mass is 913 g/mol. The average molecular weight is 914 g/mol. The van der Waals surface area contributed by atoms with Crippen LogP contribution in [-0.4, -0.2) is 74.0 Å². The van der Waals surface area contributed by atoms with Crippen LogP contribution >= 0.6 is 11.6 Å². The van der Waals surface area contributed by atoms with E-state index in [1.807, 2.05) is 166 Å². The third-order valence-electron chi connectivity index (χ3n) is 11.4. The standard InChI is InChI=1S/C54H56ClNO10/c1-54(2,3)66-53(58)56-30-41(29-55)48-43-27-17-16-26-42(43)45(28-44(48)56)64-47(57)36-63-52-51(62-34-40-24-14-7-15-25-40)50(61-33-39-22-12-6-13-23-39)49(60-32-38-20-10-5-11-21-38)46(65-52)35-59-31-37-18-8-4-9-19-37/h4-28,41,46,49-52H,29-36H2,1-3H3/t41?,46?,49-,50?,51?,52+/m0/s1. The van der Waals surface area contributed by atoms with Gasteiger partial charge in [0, 0.05) is 29.8 Å². The van der Waals surface area contributed by atoms with Crippen LogP contribution in [0.25, 0.3) is 10.8 Å². The van der Waals surface area contributed by atoms with Crippen LogP contribution in [0.1, 0.15) is 54.5 Å². The Labute approximate surface area is 391 Å². The molecule has 0 spiro atoms. The molecule has 1 saturated heterocycles. The molecular formula is C54H56ClNO10. The van der Waals surface area contributed by atoms with Gasteiger partial charge in [-0.2, -0.15) is 0 Å². The van der Waals surface area contributed by atoms with Crippen LogP contribution in [0.4, 0.5) is 10.5 Å². The molecule has 12 heteroatoms. The number of halogens is 1. The summed E-state index contributed by atoms with van der Waals surface area (Å²) >= 11 is 6.50. The molecule has 8 rings (SSSR count). The highest BCUT2D eigenvalue weighted by Gasteiger charge is 2.49. The lowest BCUT2D eigenvalue weighted by Crippen LogP contribution is -2.62. The van der Waals surface area contributed by atoms with E-state index < -0.39 is 55.0 Å². The van der Waals surface area contributed by atoms with Crippen LogP contribution in [-0.2, 0) is 64.4 Å². The summed E-state index contributed by atoms with van der Waals surface area (Å²) in [6.45, 7) is 6.42. The maximum atomic E-state index is 14.1. The highest BCUT2D eigenvalue weighted by atomic mass is 35.5. The van der Waals surface area contributed by atoms with Gasteiger partial charge in [-0.25, -0.2) is 9.59 Å². The maximum absolute atomic E-state index is 14.1. The SMILES string of the molecule is CC(C)(C)OC(=O)N1CC(CCl)c2c1cc(OC(=O)CO[C@@H]1OC(COCc3ccccc3)[C@H](OCc3ccccc3)C(OCc3ccccc3)C1OCc1ccccc1)c1ccccc21. The number of nitrogens with zero attached hydrogens (tertiary/aromatic N) is 1. The first-order chi connectivity index (χ1) is 32.1. The number of esters is 1. The van der Waals surface area contributed by atoms with Gasteiger partial charge < -0.3 is 37.9 Å². The zero-order valence-electron chi connectivity index (χ0n) is 37.5. The van der Waals surface area contributed by atoms with Crippen molar-refractivity contribution in [3.63, 3.8) is 0 Å². The number of anilines is 1. The Kier molecular flexibility index (Phi) is 15.8. The van der Waals surface area contributed by atoms with E-state index in [4.69, 9.17) is 49.5 Å². The zero-order valence-corrected chi connectivity index (χ0v) is 38.2. The molecule has 4 unspecified atom stereocenters. The maximum Gasteiger partial charge on any atom is 0.414 e. The first kappa shape index (κ1) is 46.9. The minimum absolute atomic E-state index is 0.119. The van der Waals surface area contributed by atoms with Gasteiger partial charge in [0.15, 0.2) is 6.29 Å². The normalized spacial score (nSPS) is 20.5. The van der Waals surface area contributed by atoms with Gasteiger partial charge >= 0.3 is 12.1 Å². The summed E-state index contributed by atoms with van der Waals surface area (Å²) in [5.41, 5.74) is 4.58. The van der Waals surface area contributed by atoms with Crippen molar-refractivity contribution in [3.05, 3.63) is 179 Å². The Morgan fingerprint density at radius 3 is 1.68 bits per heavy atom. The minimum atomic E-state index is -1.13. The lowest BCUT2D eigenvalue weighted by Gasteiger charge is -2.45. The third kappa shape index (κ3) is 12.0. The number of amides is 1. The summed E-state index contributed by atoms with van der Waals surface area (Å²) in [4.78, 5) is 29.2. The van der Waals surface area contributed by atoms with Crippen LogP contribution in [0, 0.1) is 0 Å². The smallest absolute Gasteiger partial charge is 0.414 e. The Bertz CT molecular complexity index is 2490. The first-order valence-corrected chi connectivity index (χ1v) is 22.8. The van der Waals surface area contributed by atoms with Crippen molar-refractivity contribution in [2.24, 2.45) is 0 Å². The highest BCUT2D eigenvalue weighted by molar-refractivity contribution is 6.19. The second-order valence-electron chi connectivity index (χ2n) is 17.4. The molecule has 0 aliphatic carbocycles. The molecule has 0 aromatic heterocycles. The van der Waals surface area contributed by atoms with E-state index in [0.717, 1.165) is 33.2 Å². The van der Waals surface area contributed by atoms with Crippen LogP contribution in [0.15, 0.2) is 152 Å². The molecule has 344 valence electrons. The summed E-state index contributed by atoms with van der Waals surface area (Å²) in [6, 6.07) is 48.7. The molecule has 2 aliphatic heterocycles. The van der Waals surface area contributed by atoms with Gasteiger partial charge in [-0.3, -0.25) is 4.90 Å². The predicted molar refractivity (Wildman–Crippen MR) is 252 cm³/mol. The molecule has 0 saturated carbocycles. The van der Waals surface area contributed by atoms with Gasteiger partial charge in [-0.05, 0) is 54.0 Å². The molecule has 0 bridgehead atoms. The fraction of sp³-hybridized carbons (Fsp3) is 0.333. The Balaban J connectivity index is 1.09. The van der Waals surface area contributed by atoms with E-state index in [1.54, 1.807) is 11.0 Å². The van der Waals surface area contributed by atoms with Crippen LogP contribution in [0.5, 0.6) is 5.75 Å². The molecule has 0 N–H and O–H groups in total. The molecule has 1 fully saturated rings. The van der Waals surface area contributed by atoms with Crippen molar-refractivity contribution >= 4 is 40.1 Å². The lowest BCUT2D eigenvalue weighted by atomic mass is 9.95. The molecule has 2 aliphatic rings. The van der Waals surface area contributed by atoms with Gasteiger partial charge in [-0.1, -0.05) is 146 Å². The Hall–Kier alpha value is -5.63. The highest BCUT2D eigenvalue weighted by Crippen LogP contribution is 2.46. The number of carbonyl (C=O) groups is 2. The second-order valence-corrected chi connectivity index (χ2v) is 17.7. The largest absolute Gasteiger partial charge is 0.443 e. The molecule has 6 atom stereocenters. The first-order valence-electron chi connectivity index (χ1n) is 22.3. The summed E-state index contributed by atoms with van der Waals surface area (Å²) in [7, 11) is 0. The third-order valence-corrected chi connectivity index (χ3v) is 11.7. The number of hydrogen-bond acceptors (Lipinski definition) is 10. The van der Waals surface area contributed by atoms with Crippen molar-refractivity contribution < 1.29 is 47.5 Å². The number of alkyl halides is 1. The fourth-order valence-corrected chi connectivity index (χ4v) is 8.55. The number of benzene rings is 6. The van der Waals surface area contributed by atoms with Crippen LogP contribution in [0.3, 0.4) is 0 Å². The van der Waals surface area contributed by atoms with Gasteiger partial charge in [-0.15, -0.1) is 11.6 Å². The number of carbonyl (C=O) groups excluding carboxylic acids is 2. The fourth-order valence-electron chi connectivity index (χ4n) is 8.30. The van der Waals surface area contributed by atoms with E-state index in [2.05, 4.69) is 0 Å². The van der Waals surface area contributed by atoms with E-state index >= 15 is 0 Å². The molecule has 6 aromatic carbocycles. The van der Waals surface area contributed by atoms with E-state index in [9.17, 15) is 9.59 Å². The molecule has 6 aromatic rings. The number of fused-ring (bicyclic) bond motifs is 3. The Morgan fingerprint density at radius 1 is 0.636 bits per heavy atom. The van der Waals surface area contributed by atoms with E-state index in [0.29, 0.717) is 24.2 Å². The molecule has 66 heavy (non-hydrogen) atoms. The molecule has 0 radical (unpaired) electrons. The van der Waals surface area contributed by atoms with Crippen molar-refractivity contribution in [1.82, 2.24) is 0 Å². The minimum Gasteiger partial charge on any atom is -0.443 e. The average Bonchev–Trinajstić information content (AvgIpc) is 3.72. The van der Waals surface area contributed by atoms with E-state index in [-0.39, 0.29) is 44.0 Å². The van der Waals surface area contributed by atoms with E-state index in [1.165, 1.54) is 0 Å². The summed E-state index contributed by atoms with van der Waals surface area (Å²) in [5.74, 6) is -0.313. The van der Waals surface area contributed by atoms with Gasteiger partial charge in [0.2, 0.25) is 0 Å². The van der Waals surface area contributed by atoms with Crippen molar-refractivity contribution in [2.45, 2.75) is 89.4 Å². The van der Waals surface area contributed by atoms with Crippen molar-refractivity contribution in [3.8, 4) is 5.75 Å². The molecular weight excluding hydrogens is 858 g/mol. The summed E-state index contributed by atoms with van der Waals surface area (Å²) in [5, 5.41) is 1.51. The molecule has 2 heterocycles. The molecule has 1 amide bonds. The van der Waals surface area contributed by atoms with Gasteiger partial charge in [0.25, 0.3) is 0 Å². The number of hydrogen-bond donors (Lipinski definition) is 0. The summed E-state index contributed by atoms with van der Waals surface area (Å²) in [6.07, 6.45) is -4.70. The second kappa shape index (κ2) is 22.2.